The second-order valence-corrected chi connectivity index (χ2v) is 5.30. The van der Waals surface area contributed by atoms with Crippen LogP contribution < -0.4 is 10.6 Å². The molecule has 1 aromatic rings. The van der Waals surface area contributed by atoms with Crippen LogP contribution in [0.25, 0.3) is 0 Å². The zero-order chi connectivity index (χ0) is 11.7. The molecule has 3 rings (SSSR count). The average molecular weight is 232 g/mol. The summed E-state index contributed by atoms with van der Waals surface area (Å²) in [6.45, 7) is 2.05. The Bertz CT molecular complexity index is 401. The van der Waals surface area contributed by atoms with Gasteiger partial charge in [-0.15, -0.1) is 0 Å². The third kappa shape index (κ3) is 2.25. The van der Waals surface area contributed by atoms with E-state index >= 15 is 0 Å². The summed E-state index contributed by atoms with van der Waals surface area (Å²) in [6.07, 6.45) is 5.14. The second kappa shape index (κ2) is 4.57. The van der Waals surface area contributed by atoms with Crippen LogP contribution in [-0.4, -0.2) is 24.2 Å². The molecule has 1 aliphatic carbocycles. The van der Waals surface area contributed by atoms with Gasteiger partial charge in [-0.05, 0) is 36.8 Å². The number of aromatic hydroxyl groups is 1. The van der Waals surface area contributed by atoms with Gasteiger partial charge in [0, 0.05) is 19.1 Å². The fourth-order valence-electron chi connectivity index (χ4n) is 2.68. The summed E-state index contributed by atoms with van der Waals surface area (Å²) in [4.78, 5) is 0. The van der Waals surface area contributed by atoms with Gasteiger partial charge in [-0.1, -0.05) is 18.6 Å². The van der Waals surface area contributed by atoms with Gasteiger partial charge in [0.25, 0.3) is 0 Å². The molecule has 1 atom stereocenters. The molecule has 0 bridgehead atoms. The molecule has 92 valence electrons. The maximum absolute atomic E-state index is 9.73. The van der Waals surface area contributed by atoms with Crippen molar-refractivity contribution in [3.05, 3.63) is 23.8 Å². The molecule has 1 unspecified atom stereocenters. The fraction of sp³-hybridized carbons (Fsp3) is 0.571. The van der Waals surface area contributed by atoms with E-state index < -0.39 is 0 Å². The number of phenolic OH excluding ortho intramolecular Hbond substituents is 1. The first kappa shape index (κ1) is 10.9. The highest BCUT2D eigenvalue weighted by atomic mass is 16.3. The van der Waals surface area contributed by atoms with Crippen molar-refractivity contribution >= 4 is 5.69 Å². The van der Waals surface area contributed by atoms with Crippen LogP contribution in [-0.2, 0) is 6.42 Å². The number of phenols is 1. The highest BCUT2D eigenvalue weighted by Crippen LogP contribution is 2.32. The topological polar surface area (TPSA) is 44.3 Å². The van der Waals surface area contributed by atoms with Crippen molar-refractivity contribution in [2.24, 2.45) is 5.92 Å². The molecule has 3 N–H and O–H groups in total. The third-order valence-corrected chi connectivity index (χ3v) is 4.01. The quantitative estimate of drug-likeness (QED) is 0.699. The summed E-state index contributed by atoms with van der Waals surface area (Å²) in [5.74, 6) is 1.03. The number of para-hydroxylation sites is 1. The van der Waals surface area contributed by atoms with Crippen LogP contribution in [0.3, 0.4) is 0 Å². The molecule has 2 aliphatic rings. The van der Waals surface area contributed by atoms with Crippen LogP contribution in [0, 0.1) is 5.92 Å². The Morgan fingerprint density at radius 3 is 3.00 bits per heavy atom. The lowest BCUT2D eigenvalue weighted by atomic mass is 9.90. The Labute approximate surface area is 102 Å². The lowest BCUT2D eigenvalue weighted by Crippen LogP contribution is -2.41. The summed E-state index contributed by atoms with van der Waals surface area (Å²) >= 11 is 0. The van der Waals surface area contributed by atoms with E-state index in [1.54, 1.807) is 6.07 Å². The van der Waals surface area contributed by atoms with Crippen LogP contribution in [0.1, 0.15) is 24.8 Å². The first-order valence-corrected chi connectivity index (χ1v) is 6.61. The van der Waals surface area contributed by atoms with E-state index in [9.17, 15) is 5.11 Å². The number of benzene rings is 1. The summed E-state index contributed by atoms with van der Waals surface area (Å²) in [5.41, 5.74) is 2.18. The van der Waals surface area contributed by atoms with E-state index in [1.807, 2.05) is 6.07 Å². The Balaban J connectivity index is 1.60. The number of rotatable bonds is 3. The molecular weight excluding hydrogens is 212 g/mol. The Hall–Kier alpha value is -1.22. The van der Waals surface area contributed by atoms with Gasteiger partial charge in [0.2, 0.25) is 0 Å². The highest BCUT2D eigenvalue weighted by molar-refractivity contribution is 5.62. The number of nitrogens with one attached hydrogen (secondary N) is 2. The minimum atomic E-state index is 0.382. The molecule has 0 aromatic heterocycles. The second-order valence-electron chi connectivity index (χ2n) is 5.30. The molecule has 3 heteroatoms. The number of anilines is 1. The van der Waals surface area contributed by atoms with E-state index in [4.69, 9.17) is 0 Å². The van der Waals surface area contributed by atoms with Crippen molar-refractivity contribution in [3.8, 4) is 5.75 Å². The minimum Gasteiger partial charge on any atom is -0.506 e. The molecule has 1 fully saturated rings. The Morgan fingerprint density at radius 1 is 1.35 bits per heavy atom. The first-order valence-electron chi connectivity index (χ1n) is 6.61. The highest BCUT2D eigenvalue weighted by Gasteiger charge is 2.22. The van der Waals surface area contributed by atoms with Gasteiger partial charge < -0.3 is 15.7 Å². The molecule has 1 aromatic carbocycles. The summed E-state index contributed by atoms with van der Waals surface area (Å²) in [6, 6.07) is 6.55. The van der Waals surface area contributed by atoms with Crippen molar-refractivity contribution in [1.82, 2.24) is 5.32 Å². The van der Waals surface area contributed by atoms with Crippen molar-refractivity contribution in [2.75, 3.05) is 18.4 Å². The number of hydrogen-bond donors (Lipinski definition) is 3. The van der Waals surface area contributed by atoms with E-state index in [2.05, 4.69) is 16.7 Å². The van der Waals surface area contributed by atoms with Crippen LogP contribution in [0.4, 0.5) is 5.69 Å². The molecule has 0 saturated heterocycles. The van der Waals surface area contributed by atoms with Crippen LogP contribution in [0.2, 0.25) is 0 Å². The number of fused-ring (bicyclic) bond motifs is 1. The summed E-state index contributed by atoms with van der Waals surface area (Å²) in [7, 11) is 0. The van der Waals surface area contributed by atoms with Crippen LogP contribution >= 0.6 is 0 Å². The molecule has 3 nitrogen and oxygen atoms in total. The van der Waals surface area contributed by atoms with E-state index in [-0.39, 0.29) is 0 Å². The molecule has 0 spiro atoms. The average Bonchev–Trinajstić information content (AvgIpc) is 2.27. The maximum atomic E-state index is 9.73. The molecule has 1 heterocycles. The van der Waals surface area contributed by atoms with Crippen molar-refractivity contribution in [2.45, 2.75) is 31.7 Å². The summed E-state index contributed by atoms with van der Waals surface area (Å²) in [5, 5.41) is 16.7. The zero-order valence-corrected chi connectivity index (χ0v) is 10.1. The van der Waals surface area contributed by atoms with Gasteiger partial charge in [0.05, 0.1) is 5.69 Å². The van der Waals surface area contributed by atoms with Crippen molar-refractivity contribution in [1.29, 1.82) is 0 Å². The third-order valence-electron chi connectivity index (χ3n) is 4.01. The molecule has 0 radical (unpaired) electrons. The van der Waals surface area contributed by atoms with Gasteiger partial charge in [-0.3, -0.25) is 0 Å². The summed E-state index contributed by atoms with van der Waals surface area (Å²) < 4.78 is 0. The van der Waals surface area contributed by atoms with Crippen molar-refractivity contribution in [3.63, 3.8) is 0 Å². The Morgan fingerprint density at radius 2 is 2.24 bits per heavy atom. The monoisotopic (exact) mass is 232 g/mol. The predicted molar refractivity (Wildman–Crippen MR) is 69.4 cm³/mol. The maximum Gasteiger partial charge on any atom is 0.138 e. The first-order chi connectivity index (χ1) is 8.33. The largest absolute Gasteiger partial charge is 0.506 e. The molecule has 1 saturated carbocycles. The fourth-order valence-corrected chi connectivity index (χ4v) is 2.68. The van der Waals surface area contributed by atoms with Gasteiger partial charge in [0.1, 0.15) is 5.75 Å². The SMILES string of the molecule is Oc1cccc2c1NCC(CNC1CCC1)C2. The zero-order valence-electron chi connectivity index (χ0n) is 10.1. The standard InChI is InChI=1S/C14H20N2O/c17-13-6-1-3-11-7-10(9-16-14(11)13)8-15-12-4-2-5-12/h1,3,6,10,12,15-17H,2,4-5,7-9H2. The predicted octanol–water partition coefficient (Wildman–Crippen LogP) is 2.12. The lowest BCUT2D eigenvalue weighted by molar-refractivity contribution is 0.316. The van der Waals surface area contributed by atoms with Gasteiger partial charge >= 0.3 is 0 Å². The van der Waals surface area contributed by atoms with E-state index in [1.165, 1.54) is 24.8 Å². The minimum absolute atomic E-state index is 0.382. The molecule has 17 heavy (non-hydrogen) atoms. The van der Waals surface area contributed by atoms with Crippen LogP contribution in [0.15, 0.2) is 18.2 Å². The van der Waals surface area contributed by atoms with E-state index in [0.717, 1.165) is 31.2 Å². The smallest absolute Gasteiger partial charge is 0.138 e. The van der Waals surface area contributed by atoms with Crippen molar-refractivity contribution < 1.29 is 5.11 Å². The van der Waals surface area contributed by atoms with E-state index in [0.29, 0.717) is 11.7 Å². The van der Waals surface area contributed by atoms with Gasteiger partial charge in [-0.2, -0.15) is 0 Å². The molecular formula is C14H20N2O. The molecule has 0 amide bonds. The lowest BCUT2D eigenvalue weighted by Gasteiger charge is -2.31. The molecule has 1 aliphatic heterocycles. The number of hydrogen-bond acceptors (Lipinski definition) is 3. The van der Waals surface area contributed by atoms with Gasteiger partial charge in [-0.25, -0.2) is 0 Å². The van der Waals surface area contributed by atoms with Gasteiger partial charge in [0.15, 0.2) is 0 Å². The van der Waals surface area contributed by atoms with Crippen LogP contribution in [0.5, 0.6) is 5.75 Å². The normalized spacial score (nSPS) is 23.6. The Kier molecular flexibility index (Phi) is 2.93.